The van der Waals surface area contributed by atoms with E-state index in [2.05, 4.69) is 168 Å². The highest BCUT2D eigenvalue weighted by atomic mass is 32.1. The molecule has 0 amide bonds. The molecule has 9 rings (SSSR count). The lowest BCUT2D eigenvalue weighted by molar-refractivity contribution is 1.05. The first kappa shape index (κ1) is 30.7. The van der Waals surface area contributed by atoms with Crippen molar-refractivity contribution in [2.24, 2.45) is 9.98 Å². The molecule has 0 unspecified atom stereocenters. The van der Waals surface area contributed by atoms with Gasteiger partial charge >= 0.3 is 0 Å². The van der Waals surface area contributed by atoms with E-state index in [0.29, 0.717) is 6.54 Å². The Hall–Kier alpha value is -6.36. The van der Waals surface area contributed by atoms with Crippen LogP contribution in [0.3, 0.4) is 0 Å². The average Bonchev–Trinajstić information content (AvgIpc) is 3.75. The van der Waals surface area contributed by atoms with Crippen LogP contribution >= 0.6 is 11.3 Å². The van der Waals surface area contributed by atoms with E-state index in [0.717, 1.165) is 33.7 Å². The molecule has 2 aromatic heterocycles. The van der Waals surface area contributed by atoms with Crippen LogP contribution in [0.4, 0.5) is 0 Å². The summed E-state index contributed by atoms with van der Waals surface area (Å²) in [4.78, 5) is 9.93. The van der Waals surface area contributed by atoms with Crippen LogP contribution in [-0.4, -0.2) is 17.1 Å². The summed E-state index contributed by atoms with van der Waals surface area (Å²) >= 11 is 1.86. The van der Waals surface area contributed by atoms with E-state index in [9.17, 15) is 0 Å². The fourth-order valence-electron chi connectivity index (χ4n) is 7.17. The molecule has 4 heteroatoms. The van der Waals surface area contributed by atoms with E-state index in [1.807, 2.05) is 35.6 Å². The van der Waals surface area contributed by atoms with Crippen LogP contribution in [0.5, 0.6) is 0 Å². The number of hydrogen-bond donors (Lipinski definition) is 0. The molecule has 9 aromatic rings. The number of thiophene rings is 1. The third-order valence-electron chi connectivity index (χ3n) is 9.58. The van der Waals surface area contributed by atoms with Gasteiger partial charge in [-0.05, 0) is 52.7 Å². The van der Waals surface area contributed by atoms with E-state index in [-0.39, 0.29) is 0 Å². The van der Waals surface area contributed by atoms with Gasteiger partial charge in [0, 0.05) is 42.6 Å². The first-order valence-corrected chi connectivity index (χ1v) is 17.9. The monoisotopic (exact) mass is 671 g/mol. The molecular weight excluding hydrogens is 639 g/mol. The summed E-state index contributed by atoms with van der Waals surface area (Å²) < 4.78 is 4.88. The lowest BCUT2D eigenvalue weighted by atomic mass is 10.0. The molecule has 7 aromatic carbocycles. The summed E-state index contributed by atoms with van der Waals surface area (Å²) in [5.41, 5.74) is 9.97. The van der Waals surface area contributed by atoms with Gasteiger partial charge in [-0.2, -0.15) is 0 Å². The van der Waals surface area contributed by atoms with Crippen LogP contribution in [0.1, 0.15) is 11.1 Å². The Morgan fingerprint density at radius 3 is 2.02 bits per heavy atom. The Labute approximate surface area is 300 Å². The van der Waals surface area contributed by atoms with E-state index < -0.39 is 0 Å². The van der Waals surface area contributed by atoms with E-state index in [1.165, 1.54) is 53.2 Å². The molecular formula is C47H33N3S. The van der Waals surface area contributed by atoms with Gasteiger partial charge in [0.25, 0.3) is 0 Å². The van der Waals surface area contributed by atoms with Crippen LogP contribution in [-0.2, 0) is 6.54 Å². The van der Waals surface area contributed by atoms with Crippen molar-refractivity contribution in [3.8, 4) is 22.3 Å². The van der Waals surface area contributed by atoms with Gasteiger partial charge in [-0.3, -0.25) is 14.6 Å². The number of aromatic nitrogens is 1. The second-order valence-electron chi connectivity index (χ2n) is 12.6. The van der Waals surface area contributed by atoms with Crippen molar-refractivity contribution < 1.29 is 0 Å². The lowest BCUT2D eigenvalue weighted by Crippen LogP contribution is -2.10. The minimum absolute atomic E-state index is 0.521. The molecule has 0 aliphatic heterocycles. The van der Waals surface area contributed by atoms with E-state index >= 15 is 0 Å². The van der Waals surface area contributed by atoms with Crippen molar-refractivity contribution in [2.45, 2.75) is 6.54 Å². The molecule has 0 saturated heterocycles. The van der Waals surface area contributed by atoms with Gasteiger partial charge in [0.15, 0.2) is 0 Å². The number of rotatable bonds is 7. The zero-order chi connectivity index (χ0) is 34.1. The van der Waals surface area contributed by atoms with Crippen LogP contribution < -0.4 is 0 Å². The predicted molar refractivity (Wildman–Crippen MR) is 220 cm³/mol. The predicted octanol–water partition coefficient (Wildman–Crippen LogP) is 12.7. The first-order valence-electron chi connectivity index (χ1n) is 17.1. The van der Waals surface area contributed by atoms with Crippen molar-refractivity contribution >= 4 is 71.6 Å². The Bertz CT molecular complexity index is 2760. The number of nitrogens with zero attached hydrogens (tertiary/aromatic N) is 3. The van der Waals surface area contributed by atoms with Crippen LogP contribution in [0.2, 0.25) is 0 Å². The van der Waals surface area contributed by atoms with Crippen molar-refractivity contribution in [3.05, 3.63) is 187 Å². The highest BCUT2D eigenvalue weighted by Gasteiger charge is 2.21. The summed E-state index contributed by atoms with van der Waals surface area (Å²) in [6.45, 7) is 4.52. The molecule has 0 saturated carbocycles. The molecule has 0 atom stereocenters. The van der Waals surface area contributed by atoms with Crippen LogP contribution in [0.15, 0.2) is 186 Å². The van der Waals surface area contributed by atoms with Gasteiger partial charge < -0.3 is 0 Å². The molecule has 0 aliphatic carbocycles. The van der Waals surface area contributed by atoms with Gasteiger partial charge in [-0.15, -0.1) is 11.3 Å². The zero-order valence-electron chi connectivity index (χ0n) is 27.9. The molecule has 0 aliphatic rings. The molecule has 3 nitrogen and oxygen atoms in total. The van der Waals surface area contributed by atoms with Gasteiger partial charge in [0.2, 0.25) is 0 Å². The summed E-state index contributed by atoms with van der Waals surface area (Å²) in [6.07, 6.45) is 2.10. The third-order valence-corrected chi connectivity index (χ3v) is 10.8. The van der Waals surface area contributed by atoms with Gasteiger partial charge in [0.05, 0.1) is 23.3 Å². The van der Waals surface area contributed by atoms with Crippen molar-refractivity contribution in [3.63, 3.8) is 0 Å². The average molecular weight is 672 g/mol. The smallest absolute Gasteiger partial charge is 0.135 e. The summed E-state index contributed by atoms with van der Waals surface area (Å²) in [7, 11) is 0. The van der Waals surface area contributed by atoms with Gasteiger partial charge in [-0.1, -0.05) is 152 Å². The SMILES string of the molecule is C=N/C(=C\C(=NCc1ccccc1)n1c2ccc(-c3ccccc3)cc2c2ccc3sc4c(-c5ccccc5)cccc4c3c21)c1ccccc1. The molecule has 0 N–H and O–H groups in total. The molecule has 51 heavy (non-hydrogen) atoms. The topological polar surface area (TPSA) is 29.6 Å². The van der Waals surface area contributed by atoms with Crippen molar-refractivity contribution in [1.82, 2.24) is 4.57 Å². The second-order valence-corrected chi connectivity index (χ2v) is 13.7. The minimum atomic E-state index is 0.521. The van der Waals surface area contributed by atoms with Gasteiger partial charge in [-0.25, -0.2) is 0 Å². The lowest BCUT2D eigenvalue weighted by Gasteiger charge is -2.12. The normalized spacial score (nSPS) is 12.3. The highest BCUT2D eigenvalue weighted by molar-refractivity contribution is 7.26. The molecule has 0 bridgehead atoms. The Morgan fingerprint density at radius 2 is 1.29 bits per heavy atom. The minimum Gasteiger partial charge on any atom is -0.293 e. The number of allylic oxidation sites excluding steroid dienone is 1. The maximum absolute atomic E-state index is 5.39. The van der Waals surface area contributed by atoms with Crippen molar-refractivity contribution in [2.75, 3.05) is 0 Å². The Morgan fingerprint density at radius 1 is 0.608 bits per heavy atom. The van der Waals surface area contributed by atoms with Crippen LogP contribution in [0.25, 0.3) is 69.9 Å². The van der Waals surface area contributed by atoms with Crippen LogP contribution in [0, 0.1) is 0 Å². The second kappa shape index (κ2) is 13.2. The molecule has 0 fully saturated rings. The number of fused-ring (bicyclic) bond motifs is 7. The third kappa shape index (κ3) is 5.56. The van der Waals surface area contributed by atoms with Crippen molar-refractivity contribution in [1.29, 1.82) is 0 Å². The maximum Gasteiger partial charge on any atom is 0.135 e. The molecule has 0 spiro atoms. The summed E-state index contributed by atoms with van der Waals surface area (Å²) in [6, 6.07) is 60.1. The van der Waals surface area contributed by atoms with Gasteiger partial charge in [0.1, 0.15) is 5.84 Å². The molecule has 2 heterocycles. The first-order chi connectivity index (χ1) is 25.3. The summed E-state index contributed by atoms with van der Waals surface area (Å²) in [5.74, 6) is 0.809. The quantitative estimate of drug-likeness (QED) is 0.119. The largest absolute Gasteiger partial charge is 0.293 e. The highest BCUT2D eigenvalue weighted by Crippen LogP contribution is 2.45. The Kier molecular flexibility index (Phi) is 7.92. The molecule has 242 valence electrons. The number of hydrogen-bond acceptors (Lipinski definition) is 3. The summed E-state index contributed by atoms with van der Waals surface area (Å²) in [5, 5.41) is 4.84. The fraction of sp³-hybridized carbons (Fsp3) is 0.0213. The Balaban J connectivity index is 1.40. The van der Waals surface area contributed by atoms with E-state index in [1.54, 1.807) is 0 Å². The fourth-order valence-corrected chi connectivity index (χ4v) is 8.41. The number of benzene rings is 7. The number of aliphatic imine (C=N–C) groups is 2. The maximum atomic E-state index is 5.39. The zero-order valence-corrected chi connectivity index (χ0v) is 28.7. The standard InChI is InChI=1S/C47H33N3S/c1-48-41(35-21-12-5-13-22-35)30-44(49-31-32-15-6-2-7-16-32)50-42-27-25-36(33-17-8-3-9-18-33)29-40(42)38-26-28-43-45(46(38)50)39-24-14-23-37(47(39)51-43)34-19-10-4-11-20-34/h2-30H,1,31H2/b41-30-,49-44?. The molecule has 0 radical (unpaired) electrons. The van der Waals surface area contributed by atoms with E-state index in [4.69, 9.17) is 4.99 Å².